The first-order valence-electron chi connectivity index (χ1n) is 4.93. The van der Waals surface area contributed by atoms with Crippen molar-refractivity contribution in [3.05, 3.63) is 23.8 Å². The van der Waals surface area contributed by atoms with E-state index in [2.05, 4.69) is 5.92 Å². The van der Waals surface area contributed by atoms with Gasteiger partial charge in [-0.1, -0.05) is 6.07 Å². The second-order valence-electron chi connectivity index (χ2n) is 3.72. The van der Waals surface area contributed by atoms with E-state index in [1.165, 1.54) is 0 Å². The minimum Gasteiger partial charge on any atom is -0.493 e. The Kier molecular flexibility index (Phi) is 3.81. The van der Waals surface area contributed by atoms with Gasteiger partial charge in [-0.3, -0.25) is 0 Å². The number of terminal acetylenes is 1. The Morgan fingerprint density at radius 3 is 2.44 bits per heavy atom. The van der Waals surface area contributed by atoms with Crippen molar-refractivity contribution in [1.29, 1.82) is 0 Å². The molecule has 1 N–H and O–H groups in total. The van der Waals surface area contributed by atoms with Crippen molar-refractivity contribution in [1.82, 2.24) is 0 Å². The van der Waals surface area contributed by atoms with E-state index in [-0.39, 0.29) is 6.42 Å². The molecule has 0 bridgehead atoms. The van der Waals surface area contributed by atoms with Crippen LogP contribution in [0.4, 0.5) is 0 Å². The van der Waals surface area contributed by atoms with Gasteiger partial charge in [-0.2, -0.15) is 0 Å². The minimum atomic E-state index is -1.05. The van der Waals surface area contributed by atoms with Crippen molar-refractivity contribution in [2.24, 2.45) is 0 Å². The number of ether oxygens (including phenoxy) is 2. The quantitative estimate of drug-likeness (QED) is 0.788. The second kappa shape index (κ2) is 4.91. The van der Waals surface area contributed by atoms with Crippen molar-refractivity contribution in [3.8, 4) is 23.8 Å². The van der Waals surface area contributed by atoms with E-state index in [0.29, 0.717) is 17.1 Å². The highest BCUT2D eigenvalue weighted by atomic mass is 16.5. The summed E-state index contributed by atoms with van der Waals surface area (Å²) in [4.78, 5) is 0. The van der Waals surface area contributed by atoms with Crippen molar-refractivity contribution >= 4 is 0 Å². The van der Waals surface area contributed by atoms with E-state index < -0.39 is 5.60 Å². The molecule has 1 aromatic rings. The van der Waals surface area contributed by atoms with E-state index in [1.807, 2.05) is 0 Å². The molecule has 86 valence electrons. The van der Waals surface area contributed by atoms with Crippen LogP contribution < -0.4 is 9.47 Å². The fourth-order valence-corrected chi connectivity index (χ4v) is 1.47. The Hall–Kier alpha value is -1.66. The van der Waals surface area contributed by atoms with Crippen LogP contribution in [0.25, 0.3) is 0 Å². The molecule has 1 unspecified atom stereocenters. The normalized spacial score (nSPS) is 13.7. The van der Waals surface area contributed by atoms with E-state index in [4.69, 9.17) is 15.9 Å². The SMILES string of the molecule is C#CCC(C)(O)c1ccc(OC)c(OC)c1. The van der Waals surface area contributed by atoms with E-state index >= 15 is 0 Å². The third-order valence-corrected chi connectivity index (χ3v) is 2.45. The zero-order valence-electron chi connectivity index (χ0n) is 9.78. The van der Waals surface area contributed by atoms with Crippen LogP contribution in [0.2, 0.25) is 0 Å². The van der Waals surface area contributed by atoms with E-state index in [0.717, 1.165) is 0 Å². The fourth-order valence-electron chi connectivity index (χ4n) is 1.47. The summed E-state index contributed by atoms with van der Waals surface area (Å²) in [6.07, 6.45) is 5.47. The molecule has 0 fully saturated rings. The lowest BCUT2D eigenvalue weighted by atomic mass is 9.92. The summed E-state index contributed by atoms with van der Waals surface area (Å²) in [6.45, 7) is 1.67. The number of benzene rings is 1. The summed E-state index contributed by atoms with van der Waals surface area (Å²) >= 11 is 0. The zero-order chi connectivity index (χ0) is 12.2. The van der Waals surface area contributed by atoms with Gasteiger partial charge in [-0.25, -0.2) is 0 Å². The lowest BCUT2D eigenvalue weighted by molar-refractivity contribution is 0.0626. The average Bonchev–Trinajstić information content (AvgIpc) is 2.28. The van der Waals surface area contributed by atoms with Crippen LogP contribution >= 0.6 is 0 Å². The molecule has 3 heteroatoms. The molecule has 0 spiro atoms. The third kappa shape index (κ3) is 2.47. The first kappa shape index (κ1) is 12.4. The lowest BCUT2D eigenvalue weighted by Gasteiger charge is -2.22. The molecule has 0 radical (unpaired) electrons. The smallest absolute Gasteiger partial charge is 0.161 e. The van der Waals surface area contributed by atoms with Crippen LogP contribution in [0.3, 0.4) is 0 Å². The maximum atomic E-state index is 10.1. The summed E-state index contributed by atoms with van der Waals surface area (Å²) in [6, 6.07) is 5.26. The van der Waals surface area contributed by atoms with Crippen LogP contribution in [0.15, 0.2) is 18.2 Å². The molecule has 1 rings (SSSR count). The summed E-state index contributed by atoms with van der Waals surface area (Å²) in [7, 11) is 3.12. The molecule has 0 saturated heterocycles. The van der Waals surface area contributed by atoms with Gasteiger partial charge in [-0.15, -0.1) is 12.3 Å². The van der Waals surface area contributed by atoms with Crippen molar-refractivity contribution in [3.63, 3.8) is 0 Å². The van der Waals surface area contributed by atoms with E-state index in [1.54, 1.807) is 39.3 Å². The molecule has 0 heterocycles. The van der Waals surface area contributed by atoms with Gasteiger partial charge in [0.2, 0.25) is 0 Å². The summed E-state index contributed by atoms with van der Waals surface area (Å²) in [5.41, 5.74) is -0.336. The Balaban J connectivity index is 3.13. The Morgan fingerprint density at radius 1 is 1.31 bits per heavy atom. The first-order chi connectivity index (χ1) is 7.55. The van der Waals surface area contributed by atoms with Crippen LogP contribution in [-0.2, 0) is 5.60 Å². The number of aliphatic hydroxyl groups is 1. The van der Waals surface area contributed by atoms with Gasteiger partial charge in [0, 0.05) is 6.42 Å². The van der Waals surface area contributed by atoms with Gasteiger partial charge in [-0.05, 0) is 24.6 Å². The standard InChI is InChI=1S/C13H16O3/c1-5-8-13(2,14)10-6-7-11(15-3)12(9-10)16-4/h1,6-7,9,14H,8H2,2-4H3. The number of hydrogen-bond acceptors (Lipinski definition) is 3. The van der Waals surface area contributed by atoms with Crippen molar-refractivity contribution in [2.75, 3.05) is 14.2 Å². The Morgan fingerprint density at radius 2 is 1.94 bits per heavy atom. The average molecular weight is 220 g/mol. The maximum absolute atomic E-state index is 10.1. The van der Waals surface area contributed by atoms with Gasteiger partial charge < -0.3 is 14.6 Å². The Labute approximate surface area is 96.0 Å². The van der Waals surface area contributed by atoms with Crippen LogP contribution in [0.5, 0.6) is 11.5 Å². The molecule has 1 aromatic carbocycles. The van der Waals surface area contributed by atoms with Crippen LogP contribution in [-0.4, -0.2) is 19.3 Å². The third-order valence-electron chi connectivity index (χ3n) is 2.45. The molecule has 3 nitrogen and oxygen atoms in total. The molecule has 0 aliphatic heterocycles. The van der Waals surface area contributed by atoms with Crippen molar-refractivity contribution < 1.29 is 14.6 Å². The number of hydrogen-bond donors (Lipinski definition) is 1. The van der Waals surface area contributed by atoms with E-state index in [9.17, 15) is 5.11 Å². The molecular formula is C13H16O3. The largest absolute Gasteiger partial charge is 0.493 e. The van der Waals surface area contributed by atoms with Gasteiger partial charge in [0.1, 0.15) is 0 Å². The molecular weight excluding hydrogens is 204 g/mol. The number of methoxy groups -OCH3 is 2. The fraction of sp³-hybridized carbons (Fsp3) is 0.385. The zero-order valence-corrected chi connectivity index (χ0v) is 9.78. The minimum absolute atomic E-state index is 0.252. The Bertz CT molecular complexity index is 402. The second-order valence-corrected chi connectivity index (χ2v) is 3.72. The van der Waals surface area contributed by atoms with Crippen molar-refractivity contribution in [2.45, 2.75) is 18.9 Å². The molecule has 0 saturated carbocycles. The monoisotopic (exact) mass is 220 g/mol. The van der Waals surface area contributed by atoms with Gasteiger partial charge in [0.25, 0.3) is 0 Å². The molecule has 16 heavy (non-hydrogen) atoms. The predicted octanol–water partition coefficient (Wildman–Crippen LogP) is 1.93. The van der Waals surface area contributed by atoms with Gasteiger partial charge >= 0.3 is 0 Å². The van der Waals surface area contributed by atoms with Crippen LogP contribution in [0, 0.1) is 12.3 Å². The predicted molar refractivity (Wildman–Crippen MR) is 62.6 cm³/mol. The highest BCUT2D eigenvalue weighted by molar-refractivity contribution is 5.44. The van der Waals surface area contributed by atoms with Gasteiger partial charge in [0.15, 0.2) is 11.5 Å². The molecule has 0 aliphatic carbocycles. The molecule has 0 aromatic heterocycles. The molecule has 0 aliphatic rings. The highest BCUT2D eigenvalue weighted by Crippen LogP contribution is 2.33. The summed E-state index contributed by atoms with van der Waals surface area (Å²) in [5.74, 6) is 3.66. The lowest BCUT2D eigenvalue weighted by Crippen LogP contribution is -2.20. The first-order valence-corrected chi connectivity index (χ1v) is 4.93. The summed E-state index contributed by atoms with van der Waals surface area (Å²) < 4.78 is 10.3. The topological polar surface area (TPSA) is 38.7 Å². The maximum Gasteiger partial charge on any atom is 0.161 e. The molecule has 1 atom stereocenters. The molecule has 0 amide bonds. The number of rotatable bonds is 4. The van der Waals surface area contributed by atoms with Gasteiger partial charge in [0.05, 0.1) is 19.8 Å². The highest BCUT2D eigenvalue weighted by Gasteiger charge is 2.23. The van der Waals surface area contributed by atoms with Crippen LogP contribution in [0.1, 0.15) is 18.9 Å². The summed E-state index contributed by atoms with van der Waals surface area (Å²) in [5, 5.41) is 10.1.